The molecule has 0 atom stereocenters. The third-order valence-electron chi connectivity index (χ3n) is 5.39. The van der Waals surface area contributed by atoms with Gasteiger partial charge in [-0.2, -0.15) is 13.2 Å². The average Bonchev–Trinajstić information content (AvgIpc) is 2.87. The van der Waals surface area contributed by atoms with Crippen molar-refractivity contribution in [3.8, 4) is 11.5 Å². The predicted molar refractivity (Wildman–Crippen MR) is 142 cm³/mol. The van der Waals surface area contributed by atoms with Gasteiger partial charge >= 0.3 is 18.1 Å². The van der Waals surface area contributed by atoms with E-state index in [9.17, 15) is 22.8 Å². The van der Waals surface area contributed by atoms with Gasteiger partial charge in [-0.05, 0) is 84.6 Å². The molecule has 0 unspecified atom stereocenters. The summed E-state index contributed by atoms with van der Waals surface area (Å²) >= 11 is 0. The van der Waals surface area contributed by atoms with Crippen molar-refractivity contribution in [3.05, 3.63) is 89.5 Å². The van der Waals surface area contributed by atoms with Gasteiger partial charge in [0.05, 0.1) is 18.8 Å². The van der Waals surface area contributed by atoms with Crippen LogP contribution in [0.2, 0.25) is 0 Å². The Labute approximate surface area is 224 Å². The highest BCUT2D eigenvalue weighted by molar-refractivity contribution is 5.91. The third kappa shape index (κ3) is 10.8. The van der Waals surface area contributed by atoms with Gasteiger partial charge in [0.2, 0.25) is 0 Å². The topological polar surface area (TPSA) is 114 Å². The number of benzene rings is 3. The minimum absolute atomic E-state index is 0.00610. The zero-order chi connectivity index (χ0) is 28.3. The summed E-state index contributed by atoms with van der Waals surface area (Å²) in [7, 11) is 0. The molecule has 3 aromatic rings. The Hall–Kier alpha value is -4.47. The van der Waals surface area contributed by atoms with E-state index in [-0.39, 0.29) is 31.6 Å². The molecule has 0 amide bonds. The molecule has 206 valence electrons. The van der Waals surface area contributed by atoms with Gasteiger partial charge in [-0.15, -0.1) is 0 Å². The van der Waals surface area contributed by atoms with Crippen molar-refractivity contribution >= 4 is 29.4 Å². The highest BCUT2D eigenvalue weighted by atomic mass is 19.4. The van der Waals surface area contributed by atoms with Crippen molar-refractivity contribution in [1.82, 2.24) is 0 Å². The standard InChI is InChI=1S/C29H29F3N2O5/c30-29(31,32)14-1-2-15-37-25-10-6-22(7-11-25)28(36)39-26-8-3-20(4-9-26)5-12-27(35)38-16-13-21-17-23(33)19-24(34)18-21/h3-12,17-19H,1-2,13-16,33-34H2/b12-5+. The fourth-order valence-corrected chi connectivity index (χ4v) is 3.49. The van der Waals surface area contributed by atoms with Crippen molar-refractivity contribution in [2.45, 2.75) is 31.9 Å². The van der Waals surface area contributed by atoms with Crippen LogP contribution in [0.1, 0.15) is 40.7 Å². The minimum atomic E-state index is -4.16. The maximum atomic E-state index is 12.4. The van der Waals surface area contributed by atoms with E-state index in [2.05, 4.69) is 0 Å². The second-order valence-electron chi connectivity index (χ2n) is 8.66. The Bertz CT molecular complexity index is 1250. The van der Waals surface area contributed by atoms with Crippen LogP contribution in [0, 0.1) is 0 Å². The van der Waals surface area contributed by atoms with E-state index >= 15 is 0 Å². The number of anilines is 2. The fraction of sp³-hybridized carbons (Fsp3) is 0.241. The van der Waals surface area contributed by atoms with Crippen LogP contribution in [0.4, 0.5) is 24.5 Å². The number of carbonyl (C=O) groups excluding carboxylic acids is 2. The maximum Gasteiger partial charge on any atom is 0.389 e. The van der Waals surface area contributed by atoms with E-state index in [1.807, 2.05) is 0 Å². The maximum absolute atomic E-state index is 12.4. The molecule has 7 nitrogen and oxygen atoms in total. The van der Waals surface area contributed by atoms with Gasteiger partial charge < -0.3 is 25.7 Å². The Morgan fingerprint density at radius 1 is 0.821 bits per heavy atom. The number of alkyl halides is 3. The molecule has 0 aliphatic heterocycles. The molecule has 0 bridgehead atoms. The number of hydrogen-bond acceptors (Lipinski definition) is 7. The quantitative estimate of drug-likeness (QED) is 0.0951. The van der Waals surface area contributed by atoms with Gasteiger partial charge in [0.15, 0.2) is 0 Å². The summed E-state index contributed by atoms with van der Waals surface area (Å²) in [4.78, 5) is 24.4. The van der Waals surface area contributed by atoms with E-state index in [1.165, 1.54) is 18.2 Å². The number of ether oxygens (including phenoxy) is 3. The van der Waals surface area contributed by atoms with Crippen molar-refractivity contribution < 1.29 is 37.0 Å². The first kappa shape index (κ1) is 29.1. The van der Waals surface area contributed by atoms with E-state index in [4.69, 9.17) is 25.7 Å². The lowest BCUT2D eigenvalue weighted by molar-refractivity contribution is -0.138. The molecular weight excluding hydrogens is 513 g/mol. The van der Waals surface area contributed by atoms with Crippen LogP contribution < -0.4 is 20.9 Å². The molecule has 4 N–H and O–H groups in total. The normalized spacial score (nSPS) is 11.4. The molecule has 0 aliphatic carbocycles. The summed E-state index contributed by atoms with van der Waals surface area (Å²) in [6.45, 7) is 0.327. The van der Waals surface area contributed by atoms with Crippen molar-refractivity contribution in [1.29, 1.82) is 0 Å². The molecule has 0 spiro atoms. The zero-order valence-corrected chi connectivity index (χ0v) is 21.1. The number of nitrogen functional groups attached to an aromatic ring is 2. The summed E-state index contributed by atoms with van der Waals surface area (Å²) in [5.41, 5.74) is 14.5. The zero-order valence-electron chi connectivity index (χ0n) is 21.1. The lowest BCUT2D eigenvalue weighted by atomic mass is 10.1. The van der Waals surface area contributed by atoms with Gasteiger partial charge in [-0.1, -0.05) is 12.1 Å². The number of rotatable bonds is 12. The molecular formula is C29H29F3N2O5. The predicted octanol–water partition coefficient (Wildman–Crippen LogP) is 5.98. The first-order valence-electron chi connectivity index (χ1n) is 12.2. The second kappa shape index (κ2) is 13.9. The first-order valence-corrected chi connectivity index (χ1v) is 12.2. The molecule has 0 saturated heterocycles. The summed E-state index contributed by atoms with van der Waals surface area (Å²) < 4.78 is 52.4. The molecule has 3 rings (SSSR count). The van der Waals surface area contributed by atoms with Crippen LogP contribution in [0.5, 0.6) is 11.5 Å². The molecule has 0 saturated carbocycles. The number of esters is 2. The lowest BCUT2D eigenvalue weighted by Crippen LogP contribution is -2.09. The largest absolute Gasteiger partial charge is 0.494 e. The van der Waals surface area contributed by atoms with Crippen molar-refractivity contribution in [2.24, 2.45) is 0 Å². The molecule has 0 aromatic heterocycles. The number of unbranched alkanes of at least 4 members (excludes halogenated alkanes) is 1. The molecule has 3 aromatic carbocycles. The van der Waals surface area contributed by atoms with Gasteiger partial charge in [0, 0.05) is 30.3 Å². The molecule has 0 heterocycles. The van der Waals surface area contributed by atoms with Gasteiger partial charge in [0.25, 0.3) is 0 Å². The van der Waals surface area contributed by atoms with Crippen LogP contribution in [-0.2, 0) is 16.0 Å². The van der Waals surface area contributed by atoms with E-state index in [0.29, 0.717) is 34.9 Å². The Morgan fingerprint density at radius 2 is 1.46 bits per heavy atom. The minimum Gasteiger partial charge on any atom is -0.494 e. The number of nitrogens with two attached hydrogens (primary N) is 2. The second-order valence-corrected chi connectivity index (χ2v) is 8.66. The SMILES string of the molecule is Nc1cc(N)cc(CCOC(=O)/C=C/c2ccc(OC(=O)c3ccc(OCCCCC(F)(F)F)cc3)cc2)c1. The average molecular weight is 543 g/mol. The Balaban J connectivity index is 1.40. The van der Waals surface area contributed by atoms with Gasteiger partial charge in [-0.3, -0.25) is 0 Å². The summed E-state index contributed by atoms with van der Waals surface area (Å²) in [6.07, 6.45) is -1.38. The Kier molecular flexibility index (Phi) is 10.4. The Morgan fingerprint density at radius 3 is 2.10 bits per heavy atom. The molecule has 0 radical (unpaired) electrons. The monoisotopic (exact) mass is 542 g/mol. The van der Waals surface area contributed by atoms with Crippen LogP contribution in [-0.4, -0.2) is 31.3 Å². The number of carbonyl (C=O) groups is 2. The van der Waals surface area contributed by atoms with Gasteiger partial charge in [0.1, 0.15) is 11.5 Å². The van der Waals surface area contributed by atoms with Crippen molar-refractivity contribution in [2.75, 3.05) is 24.7 Å². The molecule has 0 fully saturated rings. The number of hydrogen-bond donors (Lipinski definition) is 2. The van der Waals surface area contributed by atoms with E-state index < -0.39 is 24.5 Å². The van der Waals surface area contributed by atoms with Crippen molar-refractivity contribution in [3.63, 3.8) is 0 Å². The fourth-order valence-electron chi connectivity index (χ4n) is 3.49. The summed E-state index contributed by atoms with van der Waals surface area (Å²) in [5, 5.41) is 0. The van der Waals surface area contributed by atoms with Crippen LogP contribution in [0.25, 0.3) is 6.08 Å². The van der Waals surface area contributed by atoms with Crippen LogP contribution in [0.3, 0.4) is 0 Å². The molecule has 10 heteroatoms. The van der Waals surface area contributed by atoms with Gasteiger partial charge in [-0.25, -0.2) is 9.59 Å². The number of halogens is 3. The van der Waals surface area contributed by atoms with Crippen LogP contribution in [0.15, 0.2) is 72.8 Å². The first-order chi connectivity index (χ1) is 18.6. The van der Waals surface area contributed by atoms with E-state index in [0.717, 1.165) is 5.56 Å². The van der Waals surface area contributed by atoms with E-state index in [1.54, 1.807) is 60.7 Å². The molecule has 39 heavy (non-hydrogen) atoms. The molecule has 0 aliphatic rings. The third-order valence-corrected chi connectivity index (χ3v) is 5.39. The smallest absolute Gasteiger partial charge is 0.389 e. The summed E-state index contributed by atoms with van der Waals surface area (Å²) in [6, 6.07) is 17.9. The highest BCUT2D eigenvalue weighted by Crippen LogP contribution is 2.23. The lowest BCUT2D eigenvalue weighted by Gasteiger charge is -2.09. The highest BCUT2D eigenvalue weighted by Gasteiger charge is 2.25. The summed E-state index contributed by atoms with van der Waals surface area (Å²) in [5.74, 6) is -0.328. The van der Waals surface area contributed by atoms with Crippen LogP contribution >= 0.6 is 0 Å².